The van der Waals surface area contributed by atoms with Crippen LogP contribution >= 0.6 is 11.6 Å². The van der Waals surface area contributed by atoms with Gasteiger partial charge in [0.25, 0.3) is 0 Å². The Morgan fingerprint density at radius 2 is 1.68 bits per heavy atom. The molecule has 1 amide bonds. The molecule has 0 atom stereocenters. The molecule has 0 radical (unpaired) electrons. The maximum atomic E-state index is 13.2. The zero-order chi connectivity index (χ0) is 19.5. The SMILES string of the molecule is O=C(C1CCN(C2CCN(Cc3ccc(F)cc3Cl)CC2)CC1)N1CCCC1. The molecule has 0 bridgehead atoms. The highest BCUT2D eigenvalue weighted by Gasteiger charge is 2.33. The van der Waals surface area contributed by atoms with Crippen LogP contribution in [0.15, 0.2) is 18.2 Å². The lowest BCUT2D eigenvalue weighted by Crippen LogP contribution is -2.49. The first-order valence-electron chi connectivity index (χ1n) is 10.8. The molecule has 0 aliphatic carbocycles. The molecule has 0 spiro atoms. The maximum absolute atomic E-state index is 13.2. The Morgan fingerprint density at radius 1 is 1.00 bits per heavy atom. The molecule has 3 saturated heterocycles. The average molecular weight is 408 g/mol. The molecule has 0 saturated carbocycles. The number of carbonyl (C=O) groups excluding carboxylic acids is 1. The molecule has 3 fully saturated rings. The van der Waals surface area contributed by atoms with Gasteiger partial charge in [-0.05, 0) is 82.4 Å². The third kappa shape index (κ3) is 4.69. The van der Waals surface area contributed by atoms with Gasteiger partial charge in [0, 0.05) is 36.6 Å². The van der Waals surface area contributed by atoms with Crippen LogP contribution in [0.5, 0.6) is 0 Å². The van der Waals surface area contributed by atoms with Crippen LogP contribution in [0.4, 0.5) is 4.39 Å². The van der Waals surface area contributed by atoms with E-state index in [2.05, 4.69) is 14.7 Å². The van der Waals surface area contributed by atoms with Crippen molar-refractivity contribution in [1.29, 1.82) is 0 Å². The van der Waals surface area contributed by atoms with Crippen molar-refractivity contribution in [2.45, 2.75) is 51.1 Å². The van der Waals surface area contributed by atoms with Gasteiger partial charge in [-0.2, -0.15) is 0 Å². The van der Waals surface area contributed by atoms with Crippen LogP contribution in [0, 0.1) is 11.7 Å². The number of rotatable bonds is 4. The number of amides is 1. The second-order valence-corrected chi connectivity index (χ2v) is 8.99. The molecule has 3 heterocycles. The Morgan fingerprint density at radius 3 is 2.32 bits per heavy atom. The van der Waals surface area contributed by atoms with Crippen molar-refractivity contribution in [2.24, 2.45) is 5.92 Å². The highest BCUT2D eigenvalue weighted by molar-refractivity contribution is 6.31. The molecule has 6 heteroatoms. The Bertz CT molecular complexity index is 678. The quantitative estimate of drug-likeness (QED) is 0.760. The summed E-state index contributed by atoms with van der Waals surface area (Å²) in [6.45, 7) is 6.93. The summed E-state index contributed by atoms with van der Waals surface area (Å²) in [5, 5.41) is 0.520. The zero-order valence-corrected chi connectivity index (χ0v) is 17.3. The van der Waals surface area contributed by atoms with Crippen LogP contribution in [0.1, 0.15) is 44.1 Å². The Balaban J connectivity index is 1.22. The van der Waals surface area contributed by atoms with Crippen LogP contribution in [0.2, 0.25) is 5.02 Å². The fourth-order valence-corrected chi connectivity index (χ4v) is 5.27. The van der Waals surface area contributed by atoms with Gasteiger partial charge in [-0.15, -0.1) is 0 Å². The fraction of sp³-hybridized carbons (Fsp3) is 0.682. The number of likely N-dealkylation sites (tertiary alicyclic amines) is 3. The van der Waals surface area contributed by atoms with Crippen LogP contribution in [-0.2, 0) is 11.3 Å². The summed E-state index contributed by atoms with van der Waals surface area (Å²) in [5.74, 6) is 0.372. The molecule has 0 unspecified atom stereocenters. The molecule has 3 aliphatic rings. The van der Waals surface area contributed by atoms with Crippen molar-refractivity contribution in [3.05, 3.63) is 34.6 Å². The van der Waals surface area contributed by atoms with Crippen molar-refractivity contribution in [3.8, 4) is 0 Å². The van der Waals surface area contributed by atoms with E-state index in [0.29, 0.717) is 17.0 Å². The number of hydrogen-bond donors (Lipinski definition) is 0. The predicted molar refractivity (Wildman–Crippen MR) is 110 cm³/mol. The molecule has 0 aromatic heterocycles. The summed E-state index contributed by atoms with van der Waals surface area (Å²) >= 11 is 6.18. The fourth-order valence-electron chi connectivity index (χ4n) is 5.04. The monoisotopic (exact) mass is 407 g/mol. The summed E-state index contributed by atoms with van der Waals surface area (Å²) in [6, 6.07) is 5.31. The Labute approximate surface area is 172 Å². The topological polar surface area (TPSA) is 26.8 Å². The van der Waals surface area contributed by atoms with Gasteiger partial charge < -0.3 is 9.80 Å². The lowest BCUT2D eigenvalue weighted by Gasteiger charge is -2.42. The smallest absolute Gasteiger partial charge is 0.225 e. The summed E-state index contributed by atoms with van der Waals surface area (Å²) in [5.41, 5.74) is 1.00. The number of piperidine rings is 2. The summed E-state index contributed by atoms with van der Waals surface area (Å²) in [4.78, 5) is 19.7. The first kappa shape index (κ1) is 20.1. The number of hydrogen-bond acceptors (Lipinski definition) is 3. The van der Waals surface area contributed by atoms with Crippen molar-refractivity contribution >= 4 is 17.5 Å². The highest BCUT2D eigenvalue weighted by atomic mass is 35.5. The molecule has 28 heavy (non-hydrogen) atoms. The molecule has 1 aromatic rings. The first-order chi connectivity index (χ1) is 13.6. The van der Waals surface area contributed by atoms with E-state index in [1.165, 1.54) is 25.0 Å². The lowest BCUT2D eigenvalue weighted by molar-refractivity contribution is -0.136. The Kier molecular flexibility index (Phi) is 6.54. The molecule has 4 nitrogen and oxygen atoms in total. The van der Waals surface area contributed by atoms with E-state index >= 15 is 0 Å². The van der Waals surface area contributed by atoms with Crippen LogP contribution in [0.3, 0.4) is 0 Å². The summed E-state index contributed by atoms with van der Waals surface area (Å²) in [6.07, 6.45) is 6.69. The molecular formula is C22H31ClFN3O. The van der Waals surface area contributed by atoms with Gasteiger partial charge in [-0.3, -0.25) is 9.69 Å². The minimum Gasteiger partial charge on any atom is -0.342 e. The molecule has 4 rings (SSSR count). The van der Waals surface area contributed by atoms with E-state index in [1.807, 2.05) is 0 Å². The molecule has 154 valence electrons. The van der Waals surface area contributed by atoms with E-state index in [4.69, 9.17) is 11.6 Å². The third-order valence-electron chi connectivity index (χ3n) is 6.78. The van der Waals surface area contributed by atoms with E-state index < -0.39 is 0 Å². The van der Waals surface area contributed by atoms with Gasteiger partial charge in [-0.1, -0.05) is 17.7 Å². The minimum absolute atomic E-state index is 0.245. The first-order valence-corrected chi connectivity index (χ1v) is 11.2. The van der Waals surface area contributed by atoms with E-state index in [0.717, 1.165) is 77.1 Å². The molecule has 1 aromatic carbocycles. The minimum atomic E-state index is -0.279. The third-order valence-corrected chi connectivity index (χ3v) is 7.13. The van der Waals surface area contributed by atoms with Gasteiger partial charge in [-0.25, -0.2) is 4.39 Å². The van der Waals surface area contributed by atoms with Crippen molar-refractivity contribution in [3.63, 3.8) is 0 Å². The lowest BCUT2D eigenvalue weighted by atomic mass is 9.92. The zero-order valence-electron chi connectivity index (χ0n) is 16.6. The normalized spacial score (nSPS) is 23.4. The largest absolute Gasteiger partial charge is 0.342 e. The van der Waals surface area contributed by atoms with Crippen LogP contribution in [0.25, 0.3) is 0 Å². The predicted octanol–water partition coefficient (Wildman–Crippen LogP) is 3.78. The van der Waals surface area contributed by atoms with Crippen molar-refractivity contribution < 1.29 is 9.18 Å². The van der Waals surface area contributed by atoms with Crippen LogP contribution < -0.4 is 0 Å². The highest BCUT2D eigenvalue weighted by Crippen LogP contribution is 2.27. The van der Waals surface area contributed by atoms with Gasteiger partial charge in [0.1, 0.15) is 5.82 Å². The summed E-state index contributed by atoms with van der Waals surface area (Å²) in [7, 11) is 0. The molecule has 0 N–H and O–H groups in total. The second-order valence-electron chi connectivity index (χ2n) is 8.59. The number of nitrogens with zero attached hydrogens (tertiary/aromatic N) is 3. The van der Waals surface area contributed by atoms with Crippen molar-refractivity contribution in [2.75, 3.05) is 39.3 Å². The number of carbonyl (C=O) groups is 1. The average Bonchev–Trinajstić information content (AvgIpc) is 3.25. The number of benzene rings is 1. The Hall–Kier alpha value is -1.17. The standard InChI is InChI=1S/C22H31ClFN3O/c23-21-15-19(24)4-3-18(21)16-25-11-7-20(8-12-25)26-13-5-17(6-14-26)22(28)27-9-1-2-10-27/h3-4,15,17,20H,1-2,5-14,16H2. The van der Waals surface area contributed by atoms with Gasteiger partial charge in [0.2, 0.25) is 5.91 Å². The van der Waals surface area contributed by atoms with Gasteiger partial charge in [0.15, 0.2) is 0 Å². The van der Waals surface area contributed by atoms with Crippen molar-refractivity contribution in [1.82, 2.24) is 14.7 Å². The molecular weight excluding hydrogens is 377 g/mol. The van der Waals surface area contributed by atoms with E-state index in [1.54, 1.807) is 6.07 Å². The van der Waals surface area contributed by atoms with E-state index in [-0.39, 0.29) is 11.7 Å². The van der Waals surface area contributed by atoms with Gasteiger partial charge >= 0.3 is 0 Å². The van der Waals surface area contributed by atoms with Crippen LogP contribution in [-0.4, -0.2) is 65.9 Å². The van der Waals surface area contributed by atoms with E-state index in [9.17, 15) is 9.18 Å². The maximum Gasteiger partial charge on any atom is 0.225 e. The molecule has 3 aliphatic heterocycles. The van der Waals surface area contributed by atoms with Gasteiger partial charge in [0.05, 0.1) is 0 Å². The number of halogens is 2. The summed E-state index contributed by atoms with van der Waals surface area (Å²) < 4.78 is 13.2. The second kappa shape index (κ2) is 9.10.